The van der Waals surface area contributed by atoms with Crippen molar-refractivity contribution in [2.24, 2.45) is 0 Å². The van der Waals surface area contributed by atoms with E-state index in [4.69, 9.17) is 4.52 Å². The van der Waals surface area contributed by atoms with Crippen LogP contribution in [0.2, 0.25) is 0 Å². The molecule has 0 aliphatic carbocycles. The van der Waals surface area contributed by atoms with Gasteiger partial charge in [-0.3, -0.25) is 4.90 Å². The van der Waals surface area contributed by atoms with E-state index in [-0.39, 0.29) is 0 Å². The average molecular weight is 264 g/mol. The molecular weight excluding hydrogens is 248 g/mol. The highest BCUT2D eigenvalue weighted by molar-refractivity contribution is 7.08. The van der Waals surface area contributed by atoms with Gasteiger partial charge in [-0.15, -0.1) is 0 Å². The fourth-order valence-electron chi connectivity index (χ4n) is 2.18. The van der Waals surface area contributed by atoms with Crippen LogP contribution < -0.4 is 5.32 Å². The van der Waals surface area contributed by atoms with Crippen molar-refractivity contribution >= 4 is 11.3 Å². The number of hydrogen-bond acceptors (Lipinski definition) is 6. The van der Waals surface area contributed by atoms with Gasteiger partial charge in [-0.05, 0) is 18.4 Å². The maximum atomic E-state index is 5.28. The Balaban J connectivity index is 1.66. The molecule has 96 valence electrons. The number of hydrogen-bond donors (Lipinski definition) is 1. The monoisotopic (exact) mass is 264 g/mol. The quantitative estimate of drug-likeness (QED) is 0.912. The predicted molar refractivity (Wildman–Crippen MR) is 70.4 cm³/mol. The molecule has 1 atom stereocenters. The molecule has 0 amide bonds. The maximum Gasteiger partial charge on any atom is 0.258 e. The molecule has 1 aliphatic heterocycles. The molecule has 1 fully saturated rings. The largest absolute Gasteiger partial charge is 0.334 e. The zero-order valence-electron chi connectivity index (χ0n) is 10.3. The van der Waals surface area contributed by atoms with Crippen LogP contribution in [0.3, 0.4) is 0 Å². The molecule has 6 heteroatoms. The van der Waals surface area contributed by atoms with Gasteiger partial charge in [-0.25, -0.2) is 0 Å². The Morgan fingerprint density at radius 2 is 2.56 bits per heavy atom. The fraction of sp³-hybridized carbons (Fsp3) is 0.500. The van der Waals surface area contributed by atoms with Crippen molar-refractivity contribution in [3.63, 3.8) is 0 Å². The van der Waals surface area contributed by atoms with Crippen LogP contribution in [0.5, 0.6) is 0 Å². The third-order valence-electron chi connectivity index (χ3n) is 3.05. The molecule has 3 heterocycles. The first kappa shape index (κ1) is 11.8. The lowest BCUT2D eigenvalue weighted by Gasteiger charge is -2.30. The van der Waals surface area contributed by atoms with Crippen molar-refractivity contribution in [2.45, 2.75) is 19.5 Å². The van der Waals surface area contributed by atoms with Gasteiger partial charge in [0.2, 0.25) is 0 Å². The molecule has 1 N–H and O–H groups in total. The van der Waals surface area contributed by atoms with Crippen LogP contribution in [0, 0.1) is 0 Å². The van der Waals surface area contributed by atoms with Crippen LogP contribution in [0.1, 0.15) is 12.7 Å². The highest BCUT2D eigenvalue weighted by Crippen LogP contribution is 2.20. The van der Waals surface area contributed by atoms with E-state index in [1.165, 1.54) is 0 Å². The summed E-state index contributed by atoms with van der Waals surface area (Å²) < 4.78 is 5.28. The van der Waals surface area contributed by atoms with E-state index >= 15 is 0 Å². The lowest BCUT2D eigenvalue weighted by atomic mass is 10.2. The van der Waals surface area contributed by atoms with Gasteiger partial charge in [0.25, 0.3) is 5.89 Å². The summed E-state index contributed by atoms with van der Waals surface area (Å²) in [6, 6.07) is 2.52. The Kier molecular flexibility index (Phi) is 3.40. The van der Waals surface area contributed by atoms with Crippen LogP contribution in [0.25, 0.3) is 11.5 Å². The molecule has 3 rings (SSSR count). The molecule has 2 aromatic rings. The van der Waals surface area contributed by atoms with Gasteiger partial charge in [0.15, 0.2) is 5.82 Å². The second kappa shape index (κ2) is 5.17. The molecule has 18 heavy (non-hydrogen) atoms. The van der Waals surface area contributed by atoms with E-state index in [0.29, 0.717) is 11.9 Å². The standard InChI is InChI=1S/C12H16N4OS/c1-9-6-16(4-3-13-9)7-11-14-12(17-15-11)10-2-5-18-8-10/h2,5,8-9,13H,3-4,6-7H2,1H3/t9-/m0/s1. The van der Waals surface area contributed by atoms with Crippen molar-refractivity contribution in [2.75, 3.05) is 19.6 Å². The Hall–Kier alpha value is -1.24. The van der Waals surface area contributed by atoms with Crippen LogP contribution in [-0.2, 0) is 6.54 Å². The van der Waals surface area contributed by atoms with Crippen LogP contribution in [0.15, 0.2) is 21.3 Å². The molecular formula is C12H16N4OS. The van der Waals surface area contributed by atoms with E-state index in [9.17, 15) is 0 Å². The summed E-state index contributed by atoms with van der Waals surface area (Å²) in [4.78, 5) is 6.79. The van der Waals surface area contributed by atoms with Crippen LogP contribution in [-0.4, -0.2) is 40.7 Å². The van der Waals surface area contributed by atoms with E-state index in [2.05, 4.69) is 27.3 Å². The fourth-order valence-corrected chi connectivity index (χ4v) is 2.81. The number of thiophene rings is 1. The second-order valence-electron chi connectivity index (χ2n) is 4.62. The highest BCUT2D eigenvalue weighted by Gasteiger charge is 2.18. The summed E-state index contributed by atoms with van der Waals surface area (Å²) in [6.45, 7) is 6.05. The third kappa shape index (κ3) is 2.60. The first-order chi connectivity index (χ1) is 8.81. The van der Waals surface area contributed by atoms with Gasteiger partial charge in [0.05, 0.1) is 12.1 Å². The maximum absolute atomic E-state index is 5.28. The Labute approximate surface area is 110 Å². The smallest absolute Gasteiger partial charge is 0.258 e. The molecule has 0 unspecified atom stereocenters. The zero-order valence-corrected chi connectivity index (χ0v) is 11.1. The number of piperazine rings is 1. The molecule has 1 saturated heterocycles. The van der Waals surface area contributed by atoms with Gasteiger partial charge in [-0.2, -0.15) is 16.3 Å². The highest BCUT2D eigenvalue weighted by atomic mass is 32.1. The minimum atomic E-state index is 0.530. The van der Waals surface area contributed by atoms with E-state index < -0.39 is 0 Å². The Morgan fingerprint density at radius 3 is 3.33 bits per heavy atom. The summed E-state index contributed by atoms with van der Waals surface area (Å²) in [5, 5.41) is 11.5. The first-order valence-electron chi connectivity index (χ1n) is 6.12. The van der Waals surface area contributed by atoms with Crippen molar-refractivity contribution in [3.8, 4) is 11.5 Å². The predicted octanol–water partition coefficient (Wildman–Crippen LogP) is 1.59. The first-order valence-corrected chi connectivity index (χ1v) is 7.06. The lowest BCUT2D eigenvalue weighted by Crippen LogP contribution is -2.48. The summed E-state index contributed by atoms with van der Waals surface area (Å²) >= 11 is 1.63. The zero-order chi connectivity index (χ0) is 12.4. The molecule has 0 aromatic carbocycles. The second-order valence-corrected chi connectivity index (χ2v) is 5.40. The molecule has 5 nitrogen and oxygen atoms in total. The Morgan fingerprint density at radius 1 is 1.61 bits per heavy atom. The third-order valence-corrected chi connectivity index (χ3v) is 3.74. The number of nitrogens with zero attached hydrogens (tertiary/aromatic N) is 3. The van der Waals surface area contributed by atoms with Gasteiger partial charge >= 0.3 is 0 Å². The van der Waals surface area contributed by atoms with E-state index in [0.717, 1.165) is 37.6 Å². The van der Waals surface area contributed by atoms with E-state index in [1.807, 2.05) is 16.8 Å². The number of rotatable bonds is 3. The molecule has 0 bridgehead atoms. The number of aromatic nitrogens is 2. The number of nitrogens with one attached hydrogen (secondary N) is 1. The summed E-state index contributed by atoms with van der Waals surface area (Å²) in [5.41, 5.74) is 1.01. The van der Waals surface area contributed by atoms with Crippen molar-refractivity contribution in [1.82, 2.24) is 20.4 Å². The average Bonchev–Trinajstić information content (AvgIpc) is 2.98. The van der Waals surface area contributed by atoms with E-state index in [1.54, 1.807) is 11.3 Å². The van der Waals surface area contributed by atoms with Crippen LogP contribution >= 0.6 is 11.3 Å². The Bertz CT molecular complexity index is 496. The lowest BCUT2D eigenvalue weighted by molar-refractivity contribution is 0.193. The molecule has 1 aliphatic rings. The van der Waals surface area contributed by atoms with Gasteiger partial charge in [-0.1, -0.05) is 5.16 Å². The normalized spacial score (nSPS) is 21.3. The van der Waals surface area contributed by atoms with Crippen molar-refractivity contribution in [1.29, 1.82) is 0 Å². The summed E-state index contributed by atoms with van der Waals surface area (Å²) in [6.07, 6.45) is 0. The van der Waals surface area contributed by atoms with Gasteiger partial charge in [0.1, 0.15) is 0 Å². The summed E-state index contributed by atoms with van der Waals surface area (Å²) in [5.74, 6) is 1.39. The molecule has 0 spiro atoms. The van der Waals surface area contributed by atoms with Gasteiger partial charge < -0.3 is 9.84 Å². The van der Waals surface area contributed by atoms with Crippen LogP contribution in [0.4, 0.5) is 0 Å². The molecule has 0 radical (unpaired) electrons. The van der Waals surface area contributed by atoms with Crippen molar-refractivity contribution < 1.29 is 4.52 Å². The minimum absolute atomic E-state index is 0.530. The van der Waals surface area contributed by atoms with Gasteiger partial charge in [0, 0.05) is 31.1 Å². The molecule has 0 saturated carbocycles. The van der Waals surface area contributed by atoms with Crippen molar-refractivity contribution in [3.05, 3.63) is 22.7 Å². The summed E-state index contributed by atoms with van der Waals surface area (Å²) in [7, 11) is 0. The molecule has 2 aromatic heterocycles. The topological polar surface area (TPSA) is 54.2 Å². The minimum Gasteiger partial charge on any atom is -0.334 e. The SMILES string of the molecule is C[C@H]1CN(Cc2noc(-c3ccsc3)n2)CCN1.